The molecule has 4 nitrogen and oxygen atoms in total. The first-order valence-corrected chi connectivity index (χ1v) is 6.08. The van der Waals surface area contributed by atoms with Gasteiger partial charge in [-0.2, -0.15) is 0 Å². The monoisotopic (exact) mass is 251 g/mol. The highest BCUT2D eigenvalue weighted by Gasteiger charge is 2.21. The van der Waals surface area contributed by atoms with E-state index in [9.17, 15) is 4.39 Å². The largest absolute Gasteiger partial charge is 0.392 e. The molecule has 3 N–H and O–H groups in total. The Morgan fingerprint density at radius 1 is 1.50 bits per heavy atom. The zero-order valence-corrected chi connectivity index (χ0v) is 10.4. The van der Waals surface area contributed by atoms with Crippen molar-refractivity contribution < 1.29 is 9.50 Å². The van der Waals surface area contributed by atoms with Gasteiger partial charge < -0.3 is 15.7 Å². The topological polar surface area (TPSA) is 56.7 Å². The number of nitrogens with zero attached hydrogens (tertiary/aromatic N) is 1. The minimum atomic E-state index is -0.373. The summed E-state index contributed by atoms with van der Waals surface area (Å²) in [5, 5.41) is 15.4. The highest BCUT2D eigenvalue weighted by atomic mass is 19.1. The Hall–Kier alpha value is -1.62. The smallest absolute Gasteiger partial charge is 0.191 e. The van der Waals surface area contributed by atoms with Crippen LogP contribution in [0.4, 0.5) is 4.39 Å². The number of halogens is 1. The van der Waals surface area contributed by atoms with Crippen LogP contribution < -0.4 is 10.6 Å². The SMILES string of the molecule is CN=C(NCc1ccc(F)c(CO)c1)NC1CC1. The number of aliphatic imine (C=N–C) groups is 1. The van der Waals surface area contributed by atoms with Crippen molar-refractivity contribution in [3.63, 3.8) is 0 Å². The summed E-state index contributed by atoms with van der Waals surface area (Å²) in [7, 11) is 1.72. The summed E-state index contributed by atoms with van der Waals surface area (Å²) < 4.78 is 13.2. The second-order valence-corrected chi connectivity index (χ2v) is 4.43. The van der Waals surface area contributed by atoms with Crippen molar-refractivity contribution in [2.24, 2.45) is 4.99 Å². The van der Waals surface area contributed by atoms with Gasteiger partial charge in [0.2, 0.25) is 0 Å². The first kappa shape index (κ1) is 12.8. The Kier molecular flexibility index (Phi) is 4.15. The molecule has 0 heterocycles. The summed E-state index contributed by atoms with van der Waals surface area (Å²) in [5.74, 6) is 0.383. The molecule has 5 heteroatoms. The quantitative estimate of drug-likeness (QED) is 0.555. The normalized spacial score (nSPS) is 15.6. The molecule has 0 unspecified atom stereocenters. The number of hydrogen-bond donors (Lipinski definition) is 3. The minimum Gasteiger partial charge on any atom is -0.392 e. The van der Waals surface area contributed by atoms with Crippen LogP contribution in [0.1, 0.15) is 24.0 Å². The maximum atomic E-state index is 13.2. The van der Waals surface area contributed by atoms with E-state index in [1.807, 2.05) is 0 Å². The van der Waals surface area contributed by atoms with Crippen LogP contribution in [0.25, 0.3) is 0 Å². The lowest BCUT2D eigenvalue weighted by Gasteiger charge is -2.11. The third kappa shape index (κ3) is 3.43. The van der Waals surface area contributed by atoms with Gasteiger partial charge in [-0.1, -0.05) is 6.07 Å². The average molecular weight is 251 g/mol. The second kappa shape index (κ2) is 5.82. The molecule has 0 aromatic heterocycles. The van der Waals surface area contributed by atoms with Gasteiger partial charge in [-0.3, -0.25) is 4.99 Å². The molecule has 0 aliphatic heterocycles. The van der Waals surface area contributed by atoms with E-state index in [2.05, 4.69) is 15.6 Å². The van der Waals surface area contributed by atoms with Crippen molar-refractivity contribution in [1.82, 2.24) is 10.6 Å². The molecule has 1 aliphatic rings. The van der Waals surface area contributed by atoms with Gasteiger partial charge in [0.25, 0.3) is 0 Å². The fraction of sp³-hybridized carbons (Fsp3) is 0.462. The number of hydrogen-bond acceptors (Lipinski definition) is 2. The molecule has 0 spiro atoms. The van der Waals surface area contributed by atoms with Gasteiger partial charge in [0.1, 0.15) is 5.82 Å². The molecule has 1 fully saturated rings. The molecule has 1 aromatic rings. The van der Waals surface area contributed by atoms with E-state index in [-0.39, 0.29) is 12.4 Å². The maximum absolute atomic E-state index is 13.2. The van der Waals surface area contributed by atoms with Crippen molar-refractivity contribution in [2.45, 2.75) is 32.0 Å². The van der Waals surface area contributed by atoms with E-state index in [0.29, 0.717) is 18.2 Å². The summed E-state index contributed by atoms with van der Waals surface area (Å²) in [5.41, 5.74) is 1.23. The van der Waals surface area contributed by atoms with E-state index >= 15 is 0 Å². The first-order chi connectivity index (χ1) is 8.72. The molecule has 0 atom stereocenters. The van der Waals surface area contributed by atoms with Crippen LogP contribution in [-0.4, -0.2) is 24.2 Å². The van der Waals surface area contributed by atoms with E-state index < -0.39 is 0 Å². The van der Waals surface area contributed by atoms with E-state index in [0.717, 1.165) is 11.5 Å². The van der Waals surface area contributed by atoms with E-state index in [1.54, 1.807) is 19.2 Å². The van der Waals surface area contributed by atoms with Gasteiger partial charge in [0, 0.05) is 25.2 Å². The molecule has 2 rings (SSSR count). The van der Waals surface area contributed by atoms with Gasteiger partial charge in [-0.05, 0) is 30.5 Å². The number of guanidine groups is 1. The molecular formula is C13H18FN3O. The molecular weight excluding hydrogens is 233 g/mol. The summed E-state index contributed by atoms with van der Waals surface area (Å²) >= 11 is 0. The van der Waals surface area contributed by atoms with Crippen LogP contribution >= 0.6 is 0 Å². The fourth-order valence-corrected chi connectivity index (χ4v) is 1.66. The van der Waals surface area contributed by atoms with Crippen molar-refractivity contribution in [1.29, 1.82) is 0 Å². The number of aliphatic hydroxyl groups excluding tert-OH is 1. The number of rotatable bonds is 4. The van der Waals surface area contributed by atoms with Gasteiger partial charge in [-0.15, -0.1) is 0 Å². The zero-order chi connectivity index (χ0) is 13.0. The predicted molar refractivity (Wildman–Crippen MR) is 68.7 cm³/mol. The highest BCUT2D eigenvalue weighted by Crippen LogP contribution is 2.18. The average Bonchev–Trinajstić information content (AvgIpc) is 3.20. The lowest BCUT2D eigenvalue weighted by molar-refractivity contribution is 0.275. The van der Waals surface area contributed by atoms with E-state index in [4.69, 9.17) is 5.11 Å². The Bertz CT molecular complexity index is 444. The second-order valence-electron chi connectivity index (χ2n) is 4.43. The van der Waals surface area contributed by atoms with Crippen LogP contribution in [0.15, 0.2) is 23.2 Å². The first-order valence-electron chi connectivity index (χ1n) is 6.08. The van der Waals surface area contributed by atoms with Gasteiger partial charge in [-0.25, -0.2) is 4.39 Å². The maximum Gasteiger partial charge on any atom is 0.191 e. The molecule has 1 aliphatic carbocycles. The summed E-state index contributed by atoms with van der Waals surface area (Å²) in [6.07, 6.45) is 2.37. The van der Waals surface area contributed by atoms with Crippen LogP contribution in [0.3, 0.4) is 0 Å². The Labute approximate surface area is 106 Å². The van der Waals surface area contributed by atoms with Crippen LogP contribution in [-0.2, 0) is 13.2 Å². The van der Waals surface area contributed by atoms with Crippen LogP contribution in [0.5, 0.6) is 0 Å². The number of nitrogens with one attached hydrogen (secondary N) is 2. The number of aliphatic hydroxyl groups is 1. The van der Waals surface area contributed by atoms with Gasteiger partial charge >= 0.3 is 0 Å². The number of benzene rings is 1. The lowest BCUT2D eigenvalue weighted by atomic mass is 10.1. The minimum absolute atomic E-state index is 0.283. The van der Waals surface area contributed by atoms with Crippen LogP contribution in [0.2, 0.25) is 0 Å². The van der Waals surface area contributed by atoms with Crippen LogP contribution in [0, 0.1) is 5.82 Å². The standard InChI is InChI=1S/C13H18FN3O/c1-15-13(17-11-3-4-11)16-7-9-2-5-12(14)10(6-9)8-18/h2,5-6,11,18H,3-4,7-8H2,1H3,(H2,15,16,17). The summed E-state index contributed by atoms with van der Waals surface area (Å²) in [6, 6.07) is 5.27. The summed E-state index contributed by atoms with van der Waals surface area (Å²) in [6.45, 7) is 0.272. The predicted octanol–water partition coefficient (Wildman–Crippen LogP) is 1.15. The molecule has 0 amide bonds. The molecule has 98 valence electrons. The van der Waals surface area contributed by atoms with Crippen molar-refractivity contribution in [3.8, 4) is 0 Å². The Morgan fingerprint density at radius 2 is 2.28 bits per heavy atom. The van der Waals surface area contributed by atoms with Gasteiger partial charge in [0.15, 0.2) is 5.96 Å². The molecule has 0 saturated heterocycles. The third-order valence-corrected chi connectivity index (χ3v) is 2.88. The zero-order valence-electron chi connectivity index (χ0n) is 10.4. The Morgan fingerprint density at radius 3 is 2.89 bits per heavy atom. The lowest BCUT2D eigenvalue weighted by Crippen LogP contribution is -2.38. The summed E-state index contributed by atoms with van der Waals surface area (Å²) in [4.78, 5) is 4.11. The van der Waals surface area contributed by atoms with Crippen molar-refractivity contribution in [3.05, 3.63) is 35.1 Å². The third-order valence-electron chi connectivity index (χ3n) is 2.88. The van der Waals surface area contributed by atoms with Gasteiger partial charge in [0.05, 0.1) is 6.61 Å². The van der Waals surface area contributed by atoms with Crippen molar-refractivity contribution in [2.75, 3.05) is 7.05 Å². The molecule has 1 saturated carbocycles. The molecule has 1 aromatic carbocycles. The van der Waals surface area contributed by atoms with Crippen molar-refractivity contribution >= 4 is 5.96 Å². The molecule has 0 bridgehead atoms. The molecule has 18 heavy (non-hydrogen) atoms. The Balaban J connectivity index is 1.92. The highest BCUT2D eigenvalue weighted by molar-refractivity contribution is 5.80. The molecule has 0 radical (unpaired) electrons. The fourth-order valence-electron chi connectivity index (χ4n) is 1.66. The van der Waals surface area contributed by atoms with E-state index in [1.165, 1.54) is 18.9 Å².